The molecule has 0 heterocycles. The highest BCUT2D eigenvalue weighted by Gasteiger charge is 2.37. The SMILES string of the molecule is COC(=O)/C(=N\O)P(=O)(OC)OC. The Bertz CT molecular complexity index is 254. The number of ether oxygens (including phenoxy) is 1. The number of carbonyl (C=O) groups is 1. The van der Waals surface area contributed by atoms with Gasteiger partial charge in [-0.1, -0.05) is 5.16 Å². The Balaban J connectivity index is 4.99. The number of hydrogen-bond acceptors (Lipinski definition) is 7. The second kappa shape index (κ2) is 4.96. The van der Waals surface area contributed by atoms with Crippen LogP contribution in [0.1, 0.15) is 0 Å². The molecule has 0 saturated carbocycles. The highest BCUT2D eigenvalue weighted by molar-refractivity contribution is 7.75. The number of oxime groups is 1. The maximum Gasteiger partial charge on any atom is 0.390 e. The molecule has 0 aliphatic rings. The van der Waals surface area contributed by atoms with Crippen LogP contribution in [0.25, 0.3) is 0 Å². The first kappa shape index (κ1) is 12.1. The van der Waals surface area contributed by atoms with Crippen molar-refractivity contribution in [3.05, 3.63) is 0 Å². The van der Waals surface area contributed by atoms with E-state index >= 15 is 0 Å². The second-order valence-corrected chi connectivity index (χ2v) is 3.93. The molecule has 0 unspecified atom stereocenters. The van der Waals surface area contributed by atoms with E-state index in [0.29, 0.717) is 0 Å². The first-order valence-electron chi connectivity index (χ1n) is 3.08. The van der Waals surface area contributed by atoms with Crippen molar-refractivity contribution in [3.63, 3.8) is 0 Å². The molecule has 0 aromatic rings. The zero-order chi connectivity index (χ0) is 10.5. The van der Waals surface area contributed by atoms with Gasteiger partial charge in [-0.3, -0.25) is 4.57 Å². The van der Waals surface area contributed by atoms with Crippen molar-refractivity contribution in [2.24, 2.45) is 5.16 Å². The van der Waals surface area contributed by atoms with E-state index in [-0.39, 0.29) is 0 Å². The molecular formula is C5H10NO6P. The van der Waals surface area contributed by atoms with Crippen molar-refractivity contribution in [3.8, 4) is 0 Å². The Morgan fingerprint density at radius 1 is 1.31 bits per heavy atom. The van der Waals surface area contributed by atoms with Crippen LogP contribution in [0, 0.1) is 0 Å². The summed E-state index contributed by atoms with van der Waals surface area (Å²) in [4.78, 5) is 10.9. The Labute approximate surface area is 74.8 Å². The predicted octanol–water partition coefficient (Wildman–Crippen LogP) is 0.433. The van der Waals surface area contributed by atoms with Gasteiger partial charge in [-0.15, -0.1) is 0 Å². The molecule has 0 aromatic heterocycles. The van der Waals surface area contributed by atoms with Gasteiger partial charge in [0.25, 0.3) is 5.45 Å². The summed E-state index contributed by atoms with van der Waals surface area (Å²) in [7, 11) is -0.686. The molecule has 76 valence electrons. The zero-order valence-corrected chi connectivity index (χ0v) is 8.28. The van der Waals surface area contributed by atoms with Crippen molar-refractivity contribution in [2.75, 3.05) is 21.3 Å². The Hall–Kier alpha value is -0.910. The second-order valence-electron chi connectivity index (χ2n) is 1.78. The number of hydrogen-bond donors (Lipinski definition) is 1. The van der Waals surface area contributed by atoms with Crippen molar-refractivity contribution in [1.82, 2.24) is 0 Å². The van der Waals surface area contributed by atoms with Crippen LogP contribution in [0.5, 0.6) is 0 Å². The molecule has 7 nitrogen and oxygen atoms in total. The monoisotopic (exact) mass is 211 g/mol. The fraction of sp³-hybridized carbons (Fsp3) is 0.600. The third-order valence-corrected chi connectivity index (χ3v) is 2.96. The van der Waals surface area contributed by atoms with Crippen molar-refractivity contribution in [1.29, 1.82) is 0 Å². The molecule has 0 amide bonds. The summed E-state index contributed by atoms with van der Waals surface area (Å²) in [5, 5.41) is 10.9. The molecule has 1 N–H and O–H groups in total. The molecule has 0 bridgehead atoms. The highest BCUT2D eigenvalue weighted by atomic mass is 31.2. The Morgan fingerprint density at radius 2 is 1.77 bits per heavy atom. The standard InChI is InChI=1S/C5H10NO6P/c1-10-5(7)4(6-8)13(9,11-2)12-3/h8H,1-3H3/b6-4+. The summed E-state index contributed by atoms with van der Waals surface area (Å²) in [5.74, 6) is -1.07. The van der Waals surface area contributed by atoms with Gasteiger partial charge in [0.05, 0.1) is 7.11 Å². The first-order valence-corrected chi connectivity index (χ1v) is 4.62. The van der Waals surface area contributed by atoms with E-state index in [4.69, 9.17) is 5.21 Å². The average molecular weight is 211 g/mol. The lowest BCUT2D eigenvalue weighted by Gasteiger charge is -2.12. The third-order valence-electron chi connectivity index (χ3n) is 1.20. The van der Waals surface area contributed by atoms with E-state index in [2.05, 4.69) is 18.9 Å². The quantitative estimate of drug-likeness (QED) is 0.238. The fourth-order valence-corrected chi connectivity index (χ4v) is 1.47. The summed E-state index contributed by atoms with van der Waals surface area (Å²) in [6.45, 7) is 0. The minimum Gasteiger partial charge on any atom is -0.464 e. The number of nitrogens with zero attached hydrogens (tertiary/aromatic N) is 1. The first-order chi connectivity index (χ1) is 6.05. The van der Waals surface area contributed by atoms with E-state index < -0.39 is 19.0 Å². The fourth-order valence-electron chi connectivity index (χ4n) is 0.546. The maximum absolute atomic E-state index is 11.4. The van der Waals surface area contributed by atoms with Crippen LogP contribution in [-0.4, -0.2) is 38.0 Å². The minimum absolute atomic E-state index is 0.792. The minimum atomic E-state index is -3.84. The van der Waals surface area contributed by atoms with Crippen LogP contribution in [-0.2, 0) is 23.1 Å². The molecule has 8 heteroatoms. The van der Waals surface area contributed by atoms with Crippen molar-refractivity contribution >= 4 is 19.0 Å². The van der Waals surface area contributed by atoms with Gasteiger partial charge in [-0.25, -0.2) is 4.79 Å². The molecule has 0 radical (unpaired) electrons. The van der Waals surface area contributed by atoms with E-state index in [0.717, 1.165) is 21.3 Å². The Kier molecular flexibility index (Phi) is 4.61. The zero-order valence-electron chi connectivity index (χ0n) is 7.38. The summed E-state index contributed by atoms with van der Waals surface area (Å²) in [6, 6.07) is 0. The van der Waals surface area contributed by atoms with Gasteiger partial charge in [-0.2, -0.15) is 0 Å². The van der Waals surface area contributed by atoms with E-state index in [1.807, 2.05) is 0 Å². The predicted molar refractivity (Wildman–Crippen MR) is 42.9 cm³/mol. The number of methoxy groups -OCH3 is 1. The Morgan fingerprint density at radius 3 is 2.00 bits per heavy atom. The van der Waals surface area contributed by atoms with E-state index in [1.165, 1.54) is 0 Å². The molecule has 0 fully saturated rings. The van der Waals surface area contributed by atoms with Gasteiger partial charge in [0, 0.05) is 14.2 Å². The lowest BCUT2D eigenvalue weighted by Crippen LogP contribution is -2.17. The lowest BCUT2D eigenvalue weighted by molar-refractivity contribution is -0.132. The normalized spacial score (nSPS) is 12.7. The molecule has 0 atom stereocenters. The van der Waals surface area contributed by atoms with Crippen LogP contribution in [0.2, 0.25) is 0 Å². The van der Waals surface area contributed by atoms with E-state index in [1.54, 1.807) is 0 Å². The number of rotatable bonds is 4. The molecule has 13 heavy (non-hydrogen) atoms. The lowest BCUT2D eigenvalue weighted by atomic mass is 10.7. The van der Waals surface area contributed by atoms with Crippen LogP contribution in [0.3, 0.4) is 0 Å². The molecular weight excluding hydrogens is 201 g/mol. The van der Waals surface area contributed by atoms with Crippen LogP contribution in [0.15, 0.2) is 5.16 Å². The molecule has 0 aliphatic heterocycles. The molecule has 0 saturated heterocycles. The summed E-state index contributed by atoms with van der Waals surface area (Å²) in [6.07, 6.45) is 0. The maximum atomic E-state index is 11.4. The van der Waals surface area contributed by atoms with E-state index in [9.17, 15) is 9.36 Å². The summed E-state index contributed by atoms with van der Waals surface area (Å²) < 4.78 is 24.4. The topological polar surface area (TPSA) is 94.4 Å². The molecule has 0 aromatic carbocycles. The van der Waals surface area contributed by atoms with Gasteiger partial charge in [0.2, 0.25) is 0 Å². The molecule has 0 aliphatic carbocycles. The van der Waals surface area contributed by atoms with Crippen molar-refractivity contribution < 1.29 is 28.4 Å². The average Bonchev–Trinajstić information content (AvgIpc) is 2.18. The summed E-state index contributed by atoms with van der Waals surface area (Å²) >= 11 is 0. The number of esters is 1. The molecule has 0 spiro atoms. The number of carbonyl (C=O) groups excluding carboxylic acids is 1. The van der Waals surface area contributed by atoms with Crippen LogP contribution >= 0.6 is 7.60 Å². The van der Waals surface area contributed by atoms with Gasteiger partial charge < -0.3 is 19.0 Å². The van der Waals surface area contributed by atoms with Gasteiger partial charge in [0.15, 0.2) is 0 Å². The largest absolute Gasteiger partial charge is 0.464 e. The molecule has 0 rings (SSSR count). The highest BCUT2D eigenvalue weighted by Crippen LogP contribution is 2.48. The smallest absolute Gasteiger partial charge is 0.390 e. The van der Waals surface area contributed by atoms with Gasteiger partial charge in [0.1, 0.15) is 0 Å². The van der Waals surface area contributed by atoms with Crippen LogP contribution < -0.4 is 0 Å². The third kappa shape index (κ3) is 2.51. The summed E-state index contributed by atoms with van der Waals surface area (Å²) in [5.41, 5.74) is -0.792. The van der Waals surface area contributed by atoms with Crippen LogP contribution in [0.4, 0.5) is 0 Å². The van der Waals surface area contributed by atoms with Gasteiger partial charge in [-0.05, 0) is 0 Å². The van der Waals surface area contributed by atoms with Gasteiger partial charge >= 0.3 is 13.6 Å². The van der Waals surface area contributed by atoms with Crippen molar-refractivity contribution in [2.45, 2.75) is 0 Å².